The van der Waals surface area contributed by atoms with Gasteiger partial charge < -0.3 is 27.2 Å². The van der Waals surface area contributed by atoms with Gasteiger partial charge in [0.25, 0.3) is 0 Å². The summed E-state index contributed by atoms with van der Waals surface area (Å²) in [6.45, 7) is 5.73. The zero-order valence-corrected chi connectivity index (χ0v) is 10.4. The van der Waals surface area contributed by atoms with E-state index in [1.807, 2.05) is 28.1 Å². The summed E-state index contributed by atoms with van der Waals surface area (Å²) in [6, 6.07) is 0.127. The van der Waals surface area contributed by atoms with Gasteiger partial charge >= 0.3 is 0 Å². The van der Waals surface area contributed by atoms with Gasteiger partial charge in [-0.25, -0.2) is 0 Å². The lowest BCUT2D eigenvalue weighted by Gasteiger charge is -2.33. The number of rotatable bonds is 4. The molecule has 0 rings (SSSR count). The zero-order chi connectivity index (χ0) is 9.94. The first-order valence-corrected chi connectivity index (χ1v) is 4.10. The normalized spacial score (nSPS) is 12.9. The van der Waals surface area contributed by atoms with Gasteiger partial charge in [-0.15, -0.1) is 0 Å². The monoisotopic (exact) mass is 250 g/mol. The minimum absolute atomic E-state index is 0. The molecule has 0 aliphatic rings. The number of amides is 1. The van der Waals surface area contributed by atoms with Crippen molar-refractivity contribution in [2.75, 3.05) is 21.1 Å². The molecule has 0 fully saturated rings. The van der Waals surface area contributed by atoms with Gasteiger partial charge in [0.1, 0.15) is 6.04 Å². The van der Waals surface area contributed by atoms with E-state index in [9.17, 15) is 4.79 Å². The summed E-state index contributed by atoms with van der Waals surface area (Å²) in [5, 5.41) is 0. The lowest BCUT2D eigenvalue weighted by Crippen LogP contribution is -3.00. The molecule has 1 unspecified atom stereocenters. The average molecular weight is 251 g/mol. The Hall–Kier alpha value is -0.350. The molecule has 0 aromatic carbocycles. The summed E-state index contributed by atoms with van der Waals surface area (Å²) >= 11 is 0. The van der Waals surface area contributed by atoms with Crippen LogP contribution in [0.5, 0.6) is 0 Å². The highest BCUT2D eigenvalue weighted by Gasteiger charge is 2.27. The van der Waals surface area contributed by atoms with E-state index >= 15 is 0 Å². The van der Waals surface area contributed by atoms with Crippen LogP contribution in [0, 0.1) is 0 Å². The Balaban J connectivity index is 0. The van der Waals surface area contributed by atoms with E-state index in [0.29, 0.717) is 10.1 Å². The second kappa shape index (κ2) is 5.40. The molecule has 0 heterocycles. The maximum Gasteiger partial charge on any atom is 0.250 e. The van der Waals surface area contributed by atoms with Gasteiger partial charge in [-0.1, -0.05) is 13.5 Å². The first-order valence-electron chi connectivity index (χ1n) is 4.10. The molecule has 3 nitrogen and oxygen atoms in total. The standard InChI is InChI=1S/C9H18N2O.BrH/c1-6-8(11(3,4)5)7(2)9(10)12;/h8H,2,6H2,1,3-5H3,(H-,10,12);1H. The van der Waals surface area contributed by atoms with Gasteiger partial charge in [-0.2, -0.15) is 0 Å². The van der Waals surface area contributed by atoms with E-state index in [1.54, 1.807) is 0 Å². The van der Waals surface area contributed by atoms with Crippen LogP contribution in [-0.4, -0.2) is 37.6 Å². The second-order valence-electron chi connectivity index (χ2n) is 3.93. The third kappa shape index (κ3) is 4.43. The molecule has 1 amide bonds. The van der Waals surface area contributed by atoms with Crippen molar-refractivity contribution >= 4 is 5.91 Å². The van der Waals surface area contributed by atoms with Crippen LogP contribution in [0.3, 0.4) is 0 Å². The number of likely N-dealkylation sites (N-methyl/N-ethyl adjacent to an activating group) is 1. The van der Waals surface area contributed by atoms with Crippen molar-refractivity contribution in [2.24, 2.45) is 5.73 Å². The van der Waals surface area contributed by atoms with Crippen molar-refractivity contribution in [3.8, 4) is 0 Å². The molecule has 0 bridgehead atoms. The molecule has 4 heteroatoms. The maximum atomic E-state index is 10.9. The smallest absolute Gasteiger partial charge is 0.250 e. The van der Waals surface area contributed by atoms with E-state index < -0.39 is 5.91 Å². The van der Waals surface area contributed by atoms with Gasteiger partial charge in [0, 0.05) is 6.42 Å². The van der Waals surface area contributed by atoms with Crippen molar-refractivity contribution in [1.29, 1.82) is 0 Å². The molecule has 13 heavy (non-hydrogen) atoms. The van der Waals surface area contributed by atoms with Crippen LogP contribution < -0.4 is 22.7 Å². The highest BCUT2D eigenvalue weighted by atomic mass is 79.9. The molecule has 1 atom stereocenters. The molecule has 0 aromatic rings. The van der Waals surface area contributed by atoms with Crippen molar-refractivity contribution < 1.29 is 26.3 Å². The maximum absolute atomic E-state index is 10.9. The fourth-order valence-electron chi connectivity index (χ4n) is 1.43. The number of nitrogens with zero attached hydrogens (tertiary/aromatic N) is 1. The molecule has 0 aromatic heterocycles. The lowest BCUT2D eigenvalue weighted by atomic mass is 10.0. The van der Waals surface area contributed by atoms with Crippen molar-refractivity contribution in [1.82, 2.24) is 0 Å². The molecular weight excluding hydrogens is 232 g/mol. The Morgan fingerprint density at radius 3 is 1.92 bits per heavy atom. The average Bonchev–Trinajstić information content (AvgIpc) is 1.85. The highest BCUT2D eigenvalue weighted by Crippen LogP contribution is 2.14. The van der Waals surface area contributed by atoms with E-state index in [1.165, 1.54) is 0 Å². The SMILES string of the molecule is C=C(C(N)=O)C(CC)[N+](C)(C)C.[Br-]. The summed E-state index contributed by atoms with van der Waals surface area (Å²) in [6.07, 6.45) is 0.880. The van der Waals surface area contributed by atoms with E-state index in [0.717, 1.165) is 6.42 Å². The molecular formula is C9H19BrN2O. The summed E-state index contributed by atoms with van der Waals surface area (Å²) in [5.74, 6) is -0.394. The van der Waals surface area contributed by atoms with Gasteiger partial charge in [-0.05, 0) is 0 Å². The van der Waals surface area contributed by atoms with Crippen LogP contribution >= 0.6 is 0 Å². The summed E-state index contributed by atoms with van der Waals surface area (Å²) in [5.41, 5.74) is 5.68. The molecule has 0 spiro atoms. The summed E-state index contributed by atoms with van der Waals surface area (Å²) in [4.78, 5) is 10.9. The quantitative estimate of drug-likeness (QED) is 0.436. The van der Waals surface area contributed by atoms with Crippen LogP contribution in [0.4, 0.5) is 0 Å². The molecule has 2 N–H and O–H groups in total. The minimum Gasteiger partial charge on any atom is -1.00 e. The Bertz CT molecular complexity index is 196. The number of primary amides is 1. The van der Waals surface area contributed by atoms with Crippen LogP contribution in [0.1, 0.15) is 13.3 Å². The fraction of sp³-hybridized carbons (Fsp3) is 0.667. The number of carbonyl (C=O) groups is 1. The zero-order valence-electron chi connectivity index (χ0n) is 8.80. The first-order chi connectivity index (χ1) is 5.30. The number of halogens is 1. The predicted molar refractivity (Wildman–Crippen MR) is 50.4 cm³/mol. The molecule has 0 aliphatic carbocycles. The Labute approximate surface area is 91.0 Å². The second-order valence-corrected chi connectivity index (χ2v) is 3.93. The third-order valence-electron chi connectivity index (χ3n) is 2.04. The van der Waals surface area contributed by atoms with Crippen LogP contribution in [0.25, 0.3) is 0 Å². The summed E-state index contributed by atoms with van der Waals surface area (Å²) in [7, 11) is 6.09. The Morgan fingerprint density at radius 1 is 1.46 bits per heavy atom. The molecule has 0 radical (unpaired) electrons. The van der Waals surface area contributed by atoms with Gasteiger partial charge in [-0.3, -0.25) is 4.79 Å². The van der Waals surface area contributed by atoms with Crippen LogP contribution in [0.15, 0.2) is 12.2 Å². The topological polar surface area (TPSA) is 43.1 Å². The van der Waals surface area contributed by atoms with Crippen molar-refractivity contribution in [3.63, 3.8) is 0 Å². The predicted octanol–water partition coefficient (Wildman–Crippen LogP) is -2.48. The number of carbonyl (C=O) groups excluding carboxylic acids is 1. The fourth-order valence-corrected chi connectivity index (χ4v) is 1.43. The van der Waals surface area contributed by atoms with Crippen LogP contribution in [0.2, 0.25) is 0 Å². The Morgan fingerprint density at radius 2 is 1.85 bits per heavy atom. The first kappa shape index (κ1) is 15.1. The molecule has 78 valence electrons. The third-order valence-corrected chi connectivity index (χ3v) is 2.04. The number of hydrogen-bond donors (Lipinski definition) is 1. The number of hydrogen-bond acceptors (Lipinski definition) is 1. The molecule has 0 saturated heterocycles. The van der Waals surface area contributed by atoms with Gasteiger partial charge in [0.2, 0.25) is 5.91 Å². The lowest BCUT2D eigenvalue weighted by molar-refractivity contribution is -0.890. The van der Waals surface area contributed by atoms with E-state index in [2.05, 4.69) is 6.58 Å². The summed E-state index contributed by atoms with van der Waals surface area (Å²) < 4.78 is 0.693. The van der Waals surface area contributed by atoms with Crippen LogP contribution in [-0.2, 0) is 4.79 Å². The van der Waals surface area contributed by atoms with Crippen molar-refractivity contribution in [3.05, 3.63) is 12.2 Å². The highest BCUT2D eigenvalue weighted by molar-refractivity contribution is 5.92. The van der Waals surface area contributed by atoms with Gasteiger partial charge in [0.05, 0.1) is 26.7 Å². The number of nitrogens with two attached hydrogens (primary N) is 1. The number of quaternary nitrogens is 1. The van der Waals surface area contributed by atoms with Crippen molar-refractivity contribution in [2.45, 2.75) is 19.4 Å². The minimum atomic E-state index is -0.394. The van der Waals surface area contributed by atoms with Gasteiger partial charge in [0.15, 0.2) is 0 Å². The molecule has 0 saturated carbocycles. The Kier molecular flexibility index (Phi) is 6.28. The largest absolute Gasteiger partial charge is 1.00 e. The van der Waals surface area contributed by atoms with E-state index in [4.69, 9.17) is 5.73 Å². The van der Waals surface area contributed by atoms with E-state index in [-0.39, 0.29) is 23.0 Å². The molecule has 0 aliphatic heterocycles.